The van der Waals surface area contributed by atoms with Crippen LogP contribution in [0.2, 0.25) is 0 Å². The van der Waals surface area contributed by atoms with Crippen molar-refractivity contribution < 1.29 is 4.79 Å². The summed E-state index contributed by atoms with van der Waals surface area (Å²) in [6.45, 7) is 10.0. The van der Waals surface area contributed by atoms with E-state index in [9.17, 15) is 4.79 Å². The van der Waals surface area contributed by atoms with Gasteiger partial charge in [-0.2, -0.15) is 0 Å². The second kappa shape index (κ2) is 8.60. The highest BCUT2D eigenvalue weighted by atomic mass is 32.1. The van der Waals surface area contributed by atoms with Crippen molar-refractivity contribution in [3.63, 3.8) is 0 Å². The van der Waals surface area contributed by atoms with Crippen LogP contribution in [-0.4, -0.2) is 56.8 Å². The zero-order valence-electron chi connectivity index (χ0n) is 18.8. The van der Waals surface area contributed by atoms with Crippen LogP contribution in [0, 0.1) is 13.8 Å². The van der Waals surface area contributed by atoms with E-state index in [1.165, 1.54) is 21.6 Å². The number of anilines is 2. The fraction of sp³-hybridized carbons (Fsp3) is 0.417. The molecule has 1 saturated heterocycles. The first-order valence-corrected chi connectivity index (χ1v) is 11.9. The molecule has 2 aromatic heterocycles. The number of carbonyl (C=O) groups is 1. The average molecular weight is 449 g/mol. The Hall–Kier alpha value is -2.84. The van der Waals surface area contributed by atoms with E-state index in [-0.39, 0.29) is 5.91 Å². The second-order valence-electron chi connectivity index (χ2n) is 8.73. The van der Waals surface area contributed by atoms with Crippen LogP contribution < -0.4 is 5.32 Å². The number of nitrogens with zero attached hydrogens (tertiary/aromatic N) is 5. The van der Waals surface area contributed by atoms with Gasteiger partial charge in [-0.05, 0) is 55.5 Å². The Bertz CT molecular complexity index is 1150. The Morgan fingerprint density at radius 3 is 2.53 bits per heavy atom. The Balaban J connectivity index is 1.34. The molecule has 1 amide bonds. The van der Waals surface area contributed by atoms with Gasteiger partial charge in [-0.25, -0.2) is 15.0 Å². The number of aryl methyl sites for hydroxylation is 4. The van der Waals surface area contributed by atoms with Crippen LogP contribution in [0.3, 0.4) is 0 Å². The molecule has 8 heteroatoms. The van der Waals surface area contributed by atoms with Crippen molar-refractivity contribution in [1.29, 1.82) is 0 Å². The van der Waals surface area contributed by atoms with Crippen molar-refractivity contribution in [3.05, 3.63) is 51.8 Å². The number of amides is 1. The number of benzene rings is 1. The summed E-state index contributed by atoms with van der Waals surface area (Å²) < 4.78 is 0. The second-order valence-corrected chi connectivity index (χ2v) is 9.82. The van der Waals surface area contributed by atoms with Crippen molar-refractivity contribution in [1.82, 2.24) is 24.8 Å². The summed E-state index contributed by atoms with van der Waals surface area (Å²) in [6, 6.07) is 6.37. The molecule has 0 bridgehead atoms. The third kappa shape index (κ3) is 4.38. The molecule has 1 aromatic carbocycles. The van der Waals surface area contributed by atoms with Gasteiger partial charge in [-0.3, -0.25) is 9.69 Å². The van der Waals surface area contributed by atoms with Crippen LogP contribution in [0.1, 0.15) is 34.3 Å². The third-order valence-electron chi connectivity index (χ3n) is 6.11. The predicted octanol–water partition coefficient (Wildman–Crippen LogP) is 3.72. The third-order valence-corrected chi connectivity index (χ3v) is 7.20. The largest absolute Gasteiger partial charge is 0.340 e. The number of rotatable bonds is 4. The van der Waals surface area contributed by atoms with Crippen LogP contribution in [0.5, 0.6) is 0 Å². The number of piperazine rings is 1. The molecule has 2 aliphatic rings. The number of hydrogen-bond acceptors (Lipinski definition) is 7. The molecule has 1 N–H and O–H groups in total. The van der Waals surface area contributed by atoms with E-state index in [1.807, 2.05) is 11.1 Å². The van der Waals surface area contributed by atoms with E-state index in [0.29, 0.717) is 5.95 Å². The van der Waals surface area contributed by atoms with Gasteiger partial charge in [0.1, 0.15) is 5.01 Å². The Labute approximate surface area is 192 Å². The molecule has 0 unspecified atom stereocenters. The lowest BCUT2D eigenvalue weighted by Crippen LogP contribution is -2.47. The fourth-order valence-corrected chi connectivity index (χ4v) is 5.69. The smallest absolute Gasteiger partial charge is 0.227 e. The highest BCUT2D eigenvalue weighted by Gasteiger charge is 2.25. The lowest BCUT2D eigenvalue weighted by atomic mass is 10.00. The van der Waals surface area contributed by atoms with Gasteiger partial charge in [0.15, 0.2) is 0 Å². The number of fused-ring (bicyclic) bond motifs is 3. The van der Waals surface area contributed by atoms with Gasteiger partial charge >= 0.3 is 0 Å². The van der Waals surface area contributed by atoms with Gasteiger partial charge in [0.25, 0.3) is 0 Å². The molecule has 0 atom stereocenters. The molecule has 3 aromatic rings. The van der Waals surface area contributed by atoms with Gasteiger partial charge in [0.05, 0.1) is 22.8 Å². The summed E-state index contributed by atoms with van der Waals surface area (Å²) in [4.78, 5) is 31.5. The quantitative estimate of drug-likeness (QED) is 0.656. The predicted molar refractivity (Wildman–Crippen MR) is 127 cm³/mol. The molecule has 5 rings (SSSR count). The van der Waals surface area contributed by atoms with Crippen LogP contribution >= 0.6 is 11.3 Å². The van der Waals surface area contributed by atoms with Gasteiger partial charge in [-0.15, -0.1) is 11.3 Å². The first kappa shape index (κ1) is 21.0. The minimum atomic E-state index is 0.163. The van der Waals surface area contributed by atoms with Crippen molar-refractivity contribution >= 4 is 28.9 Å². The van der Waals surface area contributed by atoms with Crippen LogP contribution in [-0.2, 0) is 24.2 Å². The first-order valence-electron chi connectivity index (χ1n) is 11.1. The van der Waals surface area contributed by atoms with Crippen molar-refractivity contribution in [2.45, 2.75) is 40.2 Å². The van der Waals surface area contributed by atoms with E-state index >= 15 is 0 Å². The standard InChI is InChI=1S/C24H28N6OS/c1-15-10-16(2)12-19(11-15)26-24-25-13-18-4-5-20-23(22(18)28-24)32-21(27-20)14-29-6-8-30(9-7-29)17(3)31/h10-13H,4-9,14H2,1-3H3,(H,25,26,28). The SMILES string of the molecule is CC(=O)N1CCN(Cc2nc3c(s2)-c2nc(Nc4cc(C)cc(C)c4)ncc2CC3)CC1. The topological polar surface area (TPSA) is 74.2 Å². The Morgan fingerprint density at radius 2 is 1.81 bits per heavy atom. The maximum atomic E-state index is 11.6. The number of thiazole rings is 1. The van der Waals surface area contributed by atoms with E-state index in [1.54, 1.807) is 18.3 Å². The van der Waals surface area contributed by atoms with E-state index < -0.39 is 0 Å². The number of carbonyl (C=O) groups excluding carboxylic acids is 1. The van der Waals surface area contributed by atoms with Gasteiger partial charge in [-0.1, -0.05) is 6.07 Å². The summed E-state index contributed by atoms with van der Waals surface area (Å²) in [6.07, 6.45) is 3.81. The minimum absolute atomic E-state index is 0.163. The highest BCUT2D eigenvalue weighted by Crippen LogP contribution is 2.37. The summed E-state index contributed by atoms with van der Waals surface area (Å²) in [5.74, 6) is 0.785. The van der Waals surface area contributed by atoms with Gasteiger partial charge in [0, 0.05) is 45.0 Å². The lowest BCUT2D eigenvalue weighted by Gasteiger charge is -2.33. The van der Waals surface area contributed by atoms with Crippen LogP contribution in [0.25, 0.3) is 10.6 Å². The van der Waals surface area contributed by atoms with Gasteiger partial charge < -0.3 is 10.2 Å². The van der Waals surface area contributed by atoms with E-state index in [4.69, 9.17) is 9.97 Å². The molecule has 0 spiro atoms. The van der Waals surface area contributed by atoms with E-state index in [0.717, 1.165) is 67.6 Å². The molecule has 32 heavy (non-hydrogen) atoms. The summed E-state index contributed by atoms with van der Waals surface area (Å²) in [5, 5.41) is 4.50. The fourth-order valence-electron chi connectivity index (χ4n) is 4.51. The minimum Gasteiger partial charge on any atom is -0.340 e. The maximum absolute atomic E-state index is 11.6. The number of hydrogen-bond donors (Lipinski definition) is 1. The van der Waals surface area contributed by atoms with Crippen molar-refractivity contribution in [2.24, 2.45) is 0 Å². The molecule has 3 heterocycles. The summed E-state index contributed by atoms with van der Waals surface area (Å²) >= 11 is 1.75. The monoisotopic (exact) mass is 448 g/mol. The van der Waals surface area contributed by atoms with Crippen LogP contribution in [0.15, 0.2) is 24.4 Å². The molecule has 0 saturated carbocycles. The molecular formula is C24H28N6OS. The summed E-state index contributed by atoms with van der Waals surface area (Å²) in [5.41, 5.74) is 6.78. The zero-order chi connectivity index (χ0) is 22.2. The molecular weight excluding hydrogens is 420 g/mol. The molecule has 7 nitrogen and oxygen atoms in total. The molecule has 1 fully saturated rings. The lowest BCUT2D eigenvalue weighted by molar-refractivity contribution is -0.130. The number of nitrogens with one attached hydrogen (secondary N) is 1. The maximum Gasteiger partial charge on any atom is 0.227 e. The molecule has 1 aliphatic carbocycles. The zero-order valence-corrected chi connectivity index (χ0v) is 19.6. The number of aromatic nitrogens is 3. The van der Waals surface area contributed by atoms with E-state index in [2.05, 4.69) is 47.2 Å². The normalized spacial score (nSPS) is 15.9. The Kier molecular flexibility index (Phi) is 5.65. The summed E-state index contributed by atoms with van der Waals surface area (Å²) in [7, 11) is 0. The first-order chi connectivity index (χ1) is 15.4. The molecule has 1 aliphatic heterocycles. The van der Waals surface area contributed by atoms with Crippen molar-refractivity contribution in [3.8, 4) is 10.6 Å². The van der Waals surface area contributed by atoms with Gasteiger partial charge in [0.2, 0.25) is 11.9 Å². The van der Waals surface area contributed by atoms with Crippen LogP contribution in [0.4, 0.5) is 11.6 Å². The molecule has 0 radical (unpaired) electrons. The highest BCUT2D eigenvalue weighted by molar-refractivity contribution is 7.15. The molecule has 166 valence electrons. The Morgan fingerprint density at radius 1 is 1.06 bits per heavy atom. The van der Waals surface area contributed by atoms with Crippen molar-refractivity contribution in [2.75, 3.05) is 31.5 Å². The average Bonchev–Trinajstić information content (AvgIpc) is 3.16.